The Balaban J connectivity index is 1.57. The highest BCUT2D eigenvalue weighted by atomic mass is 16.5. The van der Waals surface area contributed by atoms with Crippen LogP contribution in [0.1, 0.15) is 46.0 Å². The molecule has 0 aromatic heterocycles. The lowest BCUT2D eigenvalue weighted by Crippen LogP contribution is -2.63. The lowest BCUT2D eigenvalue weighted by Gasteiger charge is -2.53. The maximum absolute atomic E-state index is 5.52. The third-order valence-electron chi connectivity index (χ3n) is 5.62. The van der Waals surface area contributed by atoms with Gasteiger partial charge in [-0.2, -0.15) is 0 Å². The molecule has 0 radical (unpaired) electrons. The van der Waals surface area contributed by atoms with Crippen LogP contribution < -0.4 is 5.32 Å². The first-order valence-electron chi connectivity index (χ1n) is 6.90. The molecule has 1 N–H and O–H groups in total. The molecule has 0 spiro atoms. The van der Waals surface area contributed by atoms with Crippen LogP contribution in [0.5, 0.6) is 0 Å². The number of hydrogen-bond acceptors (Lipinski definition) is 2. The van der Waals surface area contributed by atoms with Gasteiger partial charge in [0.05, 0.1) is 6.10 Å². The highest BCUT2D eigenvalue weighted by Crippen LogP contribution is 2.48. The molecule has 3 aliphatic rings. The number of methoxy groups -OCH3 is 1. The number of ether oxygens (including phenoxy) is 1. The molecule has 0 aliphatic heterocycles. The monoisotopic (exact) mass is 223 g/mol. The zero-order chi connectivity index (χ0) is 11.3. The third kappa shape index (κ3) is 1.53. The predicted octanol–water partition coefficient (Wildman–Crippen LogP) is 2.58. The van der Waals surface area contributed by atoms with E-state index in [2.05, 4.69) is 19.2 Å². The van der Waals surface area contributed by atoms with Crippen molar-refractivity contribution in [2.24, 2.45) is 17.3 Å². The molecule has 0 aromatic rings. The lowest BCUT2D eigenvalue weighted by atomic mass is 9.64. The van der Waals surface area contributed by atoms with Gasteiger partial charge in [-0.3, -0.25) is 0 Å². The Kier molecular flexibility index (Phi) is 2.56. The first-order chi connectivity index (χ1) is 7.61. The standard InChI is InChI=1S/C14H25NO/c1-14(2)12(8-13(14)16-3)15-11-7-9-4-5-10(11)6-9/h9-13,15H,4-8H2,1-3H3. The highest BCUT2D eigenvalue weighted by molar-refractivity contribution is 5.06. The number of nitrogens with one attached hydrogen (secondary N) is 1. The maximum Gasteiger partial charge on any atom is 0.0652 e. The summed E-state index contributed by atoms with van der Waals surface area (Å²) in [4.78, 5) is 0. The molecule has 16 heavy (non-hydrogen) atoms. The molecule has 0 saturated heterocycles. The van der Waals surface area contributed by atoms with E-state index in [1.807, 2.05) is 7.11 Å². The number of rotatable bonds is 3. The third-order valence-corrected chi connectivity index (χ3v) is 5.62. The lowest BCUT2D eigenvalue weighted by molar-refractivity contribution is -0.102. The van der Waals surface area contributed by atoms with Crippen LogP contribution in [0.3, 0.4) is 0 Å². The fourth-order valence-electron chi connectivity index (χ4n) is 4.28. The largest absolute Gasteiger partial charge is 0.381 e. The van der Waals surface area contributed by atoms with Crippen LogP contribution in [0, 0.1) is 17.3 Å². The van der Waals surface area contributed by atoms with Gasteiger partial charge >= 0.3 is 0 Å². The van der Waals surface area contributed by atoms with Crippen molar-refractivity contribution in [2.45, 2.75) is 64.1 Å². The Labute approximate surface area is 99.1 Å². The van der Waals surface area contributed by atoms with Crippen molar-refractivity contribution >= 4 is 0 Å². The summed E-state index contributed by atoms with van der Waals surface area (Å²) in [6.45, 7) is 4.69. The molecule has 2 heteroatoms. The van der Waals surface area contributed by atoms with Crippen molar-refractivity contribution in [3.8, 4) is 0 Å². The van der Waals surface area contributed by atoms with Gasteiger partial charge in [-0.25, -0.2) is 0 Å². The van der Waals surface area contributed by atoms with E-state index in [1.165, 1.54) is 32.1 Å². The Bertz CT molecular complexity index is 276. The second-order valence-corrected chi connectivity index (χ2v) is 6.78. The van der Waals surface area contributed by atoms with Crippen LogP contribution in [0.2, 0.25) is 0 Å². The fraction of sp³-hybridized carbons (Fsp3) is 1.00. The van der Waals surface area contributed by atoms with Crippen molar-refractivity contribution in [2.75, 3.05) is 7.11 Å². The van der Waals surface area contributed by atoms with Gasteiger partial charge in [0, 0.05) is 24.6 Å². The maximum atomic E-state index is 5.52. The number of hydrogen-bond donors (Lipinski definition) is 1. The summed E-state index contributed by atoms with van der Waals surface area (Å²) in [7, 11) is 1.85. The van der Waals surface area contributed by atoms with Gasteiger partial charge in [-0.1, -0.05) is 20.3 Å². The average Bonchev–Trinajstić information content (AvgIpc) is 2.85. The zero-order valence-corrected chi connectivity index (χ0v) is 10.8. The van der Waals surface area contributed by atoms with E-state index < -0.39 is 0 Å². The molecule has 2 bridgehead atoms. The molecule has 0 amide bonds. The van der Waals surface area contributed by atoms with E-state index in [4.69, 9.17) is 4.74 Å². The van der Waals surface area contributed by atoms with Crippen LogP contribution in [0.4, 0.5) is 0 Å². The van der Waals surface area contributed by atoms with Crippen LogP contribution in [-0.2, 0) is 4.74 Å². The first kappa shape index (κ1) is 11.0. The van der Waals surface area contributed by atoms with Crippen molar-refractivity contribution < 1.29 is 4.74 Å². The normalized spacial score (nSPS) is 49.3. The Morgan fingerprint density at radius 3 is 2.44 bits per heavy atom. The van der Waals surface area contributed by atoms with Gasteiger partial charge < -0.3 is 10.1 Å². The summed E-state index contributed by atoms with van der Waals surface area (Å²) in [5.41, 5.74) is 0.330. The van der Waals surface area contributed by atoms with Crippen LogP contribution in [0.15, 0.2) is 0 Å². The van der Waals surface area contributed by atoms with Crippen molar-refractivity contribution in [1.29, 1.82) is 0 Å². The Morgan fingerprint density at radius 2 is 1.94 bits per heavy atom. The summed E-state index contributed by atoms with van der Waals surface area (Å²) in [5.74, 6) is 2.03. The molecule has 0 heterocycles. The number of fused-ring (bicyclic) bond motifs is 2. The van der Waals surface area contributed by atoms with E-state index in [-0.39, 0.29) is 0 Å². The molecule has 5 atom stereocenters. The molecule has 3 saturated carbocycles. The Hall–Kier alpha value is -0.0800. The fourth-order valence-corrected chi connectivity index (χ4v) is 4.28. The molecule has 3 fully saturated rings. The smallest absolute Gasteiger partial charge is 0.0652 e. The molecule has 5 unspecified atom stereocenters. The zero-order valence-electron chi connectivity index (χ0n) is 10.8. The van der Waals surface area contributed by atoms with Crippen LogP contribution in [-0.4, -0.2) is 25.3 Å². The second kappa shape index (κ2) is 3.71. The van der Waals surface area contributed by atoms with E-state index in [0.717, 1.165) is 17.9 Å². The summed E-state index contributed by atoms with van der Waals surface area (Å²) >= 11 is 0. The van der Waals surface area contributed by atoms with Crippen molar-refractivity contribution in [3.63, 3.8) is 0 Å². The summed E-state index contributed by atoms with van der Waals surface area (Å²) in [6.07, 6.45) is 7.58. The van der Waals surface area contributed by atoms with Crippen LogP contribution in [0.25, 0.3) is 0 Å². The SMILES string of the molecule is COC1CC(NC2CC3CCC2C3)C1(C)C. The molecule has 3 aliphatic carbocycles. The molecule has 2 nitrogen and oxygen atoms in total. The molecule has 3 rings (SSSR count). The van der Waals surface area contributed by atoms with Gasteiger partial charge in [0.15, 0.2) is 0 Å². The predicted molar refractivity (Wildman–Crippen MR) is 65.4 cm³/mol. The minimum absolute atomic E-state index is 0.330. The quantitative estimate of drug-likeness (QED) is 0.794. The topological polar surface area (TPSA) is 21.3 Å². The van der Waals surface area contributed by atoms with Gasteiger partial charge in [0.2, 0.25) is 0 Å². The molecule has 0 aromatic carbocycles. The first-order valence-corrected chi connectivity index (χ1v) is 6.90. The molecule has 92 valence electrons. The van der Waals surface area contributed by atoms with E-state index in [0.29, 0.717) is 17.6 Å². The second-order valence-electron chi connectivity index (χ2n) is 6.78. The van der Waals surface area contributed by atoms with Crippen molar-refractivity contribution in [1.82, 2.24) is 5.32 Å². The van der Waals surface area contributed by atoms with Gasteiger partial charge in [-0.15, -0.1) is 0 Å². The summed E-state index contributed by atoms with van der Waals surface area (Å²) in [5, 5.41) is 3.92. The van der Waals surface area contributed by atoms with Crippen molar-refractivity contribution in [3.05, 3.63) is 0 Å². The van der Waals surface area contributed by atoms with E-state index >= 15 is 0 Å². The molecular weight excluding hydrogens is 198 g/mol. The highest BCUT2D eigenvalue weighted by Gasteiger charge is 2.50. The van der Waals surface area contributed by atoms with Gasteiger partial charge in [-0.05, 0) is 37.5 Å². The van der Waals surface area contributed by atoms with E-state index in [1.54, 1.807) is 0 Å². The van der Waals surface area contributed by atoms with E-state index in [9.17, 15) is 0 Å². The van der Waals surface area contributed by atoms with Gasteiger partial charge in [0.1, 0.15) is 0 Å². The van der Waals surface area contributed by atoms with Crippen LogP contribution >= 0.6 is 0 Å². The summed E-state index contributed by atoms with van der Waals surface area (Å²) < 4.78 is 5.52. The molecular formula is C14H25NO. The minimum atomic E-state index is 0.330. The average molecular weight is 223 g/mol. The Morgan fingerprint density at radius 1 is 1.12 bits per heavy atom. The summed E-state index contributed by atoms with van der Waals surface area (Å²) in [6, 6.07) is 1.50. The van der Waals surface area contributed by atoms with Gasteiger partial charge in [0.25, 0.3) is 0 Å². The minimum Gasteiger partial charge on any atom is -0.381 e.